The summed E-state index contributed by atoms with van der Waals surface area (Å²) in [5.41, 5.74) is 1.02. The van der Waals surface area contributed by atoms with Crippen LogP contribution in [0.2, 0.25) is 0 Å². The predicted octanol–water partition coefficient (Wildman–Crippen LogP) is 3.01. The summed E-state index contributed by atoms with van der Waals surface area (Å²) in [6.45, 7) is 2.61. The Kier molecular flexibility index (Phi) is 4.30. The highest BCUT2D eigenvalue weighted by molar-refractivity contribution is 5.57. The van der Waals surface area contributed by atoms with Crippen LogP contribution in [0, 0.1) is 11.3 Å². The minimum absolute atomic E-state index is 0.431. The van der Waals surface area contributed by atoms with E-state index in [1.807, 2.05) is 43.3 Å². The standard InChI is InChI=1S/C12H13NO/c1-2-14-12-9-4-3-7-11(12)8-5-6-10-13/h3-5,7-9H,2,6H2,1H3. The molecule has 2 heteroatoms. The molecular formula is C12H13NO. The lowest BCUT2D eigenvalue weighted by Gasteiger charge is -2.05. The van der Waals surface area contributed by atoms with Crippen molar-refractivity contribution in [2.75, 3.05) is 6.61 Å². The van der Waals surface area contributed by atoms with Crippen LogP contribution >= 0.6 is 0 Å². The molecule has 0 atom stereocenters. The zero-order valence-electron chi connectivity index (χ0n) is 8.23. The van der Waals surface area contributed by atoms with E-state index >= 15 is 0 Å². The number of rotatable bonds is 4. The van der Waals surface area contributed by atoms with Crippen LogP contribution < -0.4 is 4.74 Å². The molecule has 0 fully saturated rings. The molecule has 72 valence electrons. The third kappa shape index (κ3) is 2.95. The number of hydrogen-bond acceptors (Lipinski definition) is 2. The van der Waals surface area contributed by atoms with Gasteiger partial charge in [-0.15, -0.1) is 0 Å². The molecule has 0 aliphatic carbocycles. The Morgan fingerprint density at radius 3 is 2.93 bits per heavy atom. The molecule has 0 aliphatic heterocycles. The Hall–Kier alpha value is -1.75. The molecule has 0 radical (unpaired) electrons. The van der Waals surface area contributed by atoms with Gasteiger partial charge in [0, 0.05) is 5.56 Å². The first kappa shape index (κ1) is 10.3. The van der Waals surface area contributed by atoms with Crippen LogP contribution in [0.5, 0.6) is 5.75 Å². The first-order chi connectivity index (χ1) is 6.88. The van der Waals surface area contributed by atoms with E-state index in [9.17, 15) is 0 Å². The molecule has 0 spiro atoms. The molecule has 0 bridgehead atoms. The SMILES string of the molecule is CCOc1ccccc1C=CCC#N. The monoisotopic (exact) mass is 187 g/mol. The van der Waals surface area contributed by atoms with Crippen molar-refractivity contribution >= 4 is 6.08 Å². The third-order valence-corrected chi connectivity index (χ3v) is 1.73. The molecule has 0 N–H and O–H groups in total. The van der Waals surface area contributed by atoms with Gasteiger partial charge in [-0.25, -0.2) is 0 Å². The van der Waals surface area contributed by atoms with Crippen LogP contribution in [0.3, 0.4) is 0 Å². The zero-order chi connectivity index (χ0) is 10.2. The Morgan fingerprint density at radius 1 is 1.43 bits per heavy atom. The van der Waals surface area contributed by atoms with Crippen molar-refractivity contribution in [3.05, 3.63) is 35.9 Å². The molecule has 0 amide bonds. The number of allylic oxidation sites excluding steroid dienone is 1. The minimum Gasteiger partial charge on any atom is -0.493 e. The number of hydrogen-bond donors (Lipinski definition) is 0. The number of nitriles is 1. The van der Waals surface area contributed by atoms with E-state index in [-0.39, 0.29) is 0 Å². The largest absolute Gasteiger partial charge is 0.493 e. The molecule has 0 saturated carbocycles. The van der Waals surface area contributed by atoms with E-state index in [4.69, 9.17) is 10.00 Å². The molecule has 14 heavy (non-hydrogen) atoms. The van der Waals surface area contributed by atoms with Crippen LogP contribution in [0.15, 0.2) is 30.3 Å². The second kappa shape index (κ2) is 5.82. The lowest BCUT2D eigenvalue weighted by Crippen LogP contribution is -1.92. The summed E-state index contributed by atoms with van der Waals surface area (Å²) >= 11 is 0. The Morgan fingerprint density at radius 2 is 2.21 bits per heavy atom. The molecular weight excluding hydrogens is 174 g/mol. The third-order valence-electron chi connectivity index (χ3n) is 1.73. The highest BCUT2D eigenvalue weighted by atomic mass is 16.5. The van der Waals surface area contributed by atoms with Gasteiger partial charge in [-0.1, -0.05) is 30.4 Å². The Bertz CT molecular complexity index is 350. The summed E-state index contributed by atoms with van der Waals surface area (Å²) in [6, 6.07) is 9.85. The zero-order valence-corrected chi connectivity index (χ0v) is 8.23. The maximum absolute atomic E-state index is 8.38. The topological polar surface area (TPSA) is 33.0 Å². The molecule has 0 aliphatic rings. The van der Waals surface area contributed by atoms with Crippen LogP contribution in [-0.2, 0) is 0 Å². The van der Waals surface area contributed by atoms with Gasteiger partial charge in [0.1, 0.15) is 5.75 Å². The molecule has 0 aromatic heterocycles. The Labute approximate surface area is 84.4 Å². The van der Waals surface area contributed by atoms with Crippen LogP contribution in [0.25, 0.3) is 6.08 Å². The van der Waals surface area contributed by atoms with Gasteiger partial charge in [-0.3, -0.25) is 0 Å². The highest BCUT2D eigenvalue weighted by Gasteiger charge is 1.96. The fraction of sp³-hybridized carbons (Fsp3) is 0.250. The first-order valence-corrected chi connectivity index (χ1v) is 4.63. The molecule has 1 aromatic rings. The van der Waals surface area contributed by atoms with Crippen molar-refractivity contribution in [3.8, 4) is 11.8 Å². The maximum Gasteiger partial charge on any atom is 0.126 e. The second-order valence-electron chi connectivity index (χ2n) is 2.74. The summed E-state index contributed by atoms with van der Waals surface area (Å²) in [5.74, 6) is 0.865. The van der Waals surface area contributed by atoms with E-state index in [1.165, 1.54) is 0 Å². The molecule has 1 aromatic carbocycles. The van der Waals surface area contributed by atoms with Crippen LogP contribution in [0.4, 0.5) is 0 Å². The summed E-state index contributed by atoms with van der Waals surface area (Å²) in [4.78, 5) is 0. The predicted molar refractivity (Wildman–Crippen MR) is 56.9 cm³/mol. The van der Waals surface area contributed by atoms with Gasteiger partial charge in [0.15, 0.2) is 0 Å². The first-order valence-electron chi connectivity index (χ1n) is 4.63. The highest BCUT2D eigenvalue weighted by Crippen LogP contribution is 2.19. The summed E-state index contributed by atoms with van der Waals surface area (Å²) < 4.78 is 5.43. The molecule has 2 nitrogen and oxygen atoms in total. The number of para-hydroxylation sites is 1. The number of ether oxygens (including phenoxy) is 1. The van der Waals surface area contributed by atoms with Gasteiger partial charge in [-0.05, 0) is 13.0 Å². The van der Waals surface area contributed by atoms with Crippen molar-refractivity contribution in [3.63, 3.8) is 0 Å². The van der Waals surface area contributed by atoms with E-state index in [0.29, 0.717) is 13.0 Å². The van der Waals surface area contributed by atoms with Crippen molar-refractivity contribution in [2.24, 2.45) is 0 Å². The van der Waals surface area contributed by atoms with E-state index < -0.39 is 0 Å². The van der Waals surface area contributed by atoms with Gasteiger partial charge >= 0.3 is 0 Å². The molecule has 0 heterocycles. The summed E-state index contributed by atoms with van der Waals surface area (Å²) in [6.07, 6.45) is 4.17. The van der Waals surface area contributed by atoms with E-state index in [0.717, 1.165) is 11.3 Å². The average Bonchev–Trinajstić information content (AvgIpc) is 2.21. The van der Waals surface area contributed by atoms with Gasteiger partial charge < -0.3 is 4.74 Å². The smallest absolute Gasteiger partial charge is 0.126 e. The van der Waals surface area contributed by atoms with Crippen LogP contribution in [0.1, 0.15) is 18.9 Å². The van der Waals surface area contributed by atoms with Gasteiger partial charge in [0.05, 0.1) is 19.1 Å². The average molecular weight is 187 g/mol. The van der Waals surface area contributed by atoms with E-state index in [2.05, 4.69) is 6.07 Å². The fourth-order valence-electron chi connectivity index (χ4n) is 1.14. The van der Waals surface area contributed by atoms with Crippen LogP contribution in [-0.4, -0.2) is 6.61 Å². The normalized spacial score (nSPS) is 10.0. The van der Waals surface area contributed by atoms with Crippen molar-refractivity contribution < 1.29 is 4.74 Å². The van der Waals surface area contributed by atoms with E-state index in [1.54, 1.807) is 0 Å². The molecule has 0 saturated heterocycles. The minimum atomic E-state index is 0.431. The van der Waals surface area contributed by atoms with Gasteiger partial charge in [0.25, 0.3) is 0 Å². The molecule has 0 unspecified atom stereocenters. The van der Waals surface area contributed by atoms with Gasteiger partial charge in [0.2, 0.25) is 0 Å². The lowest BCUT2D eigenvalue weighted by molar-refractivity contribution is 0.339. The van der Waals surface area contributed by atoms with Gasteiger partial charge in [-0.2, -0.15) is 5.26 Å². The number of nitrogens with zero attached hydrogens (tertiary/aromatic N) is 1. The van der Waals surface area contributed by atoms with Crippen molar-refractivity contribution in [1.29, 1.82) is 5.26 Å². The van der Waals surface area contributed by atoms with Crippen molar-refractivity contribution in [1.82, 2.24) is 0 Å². The lowest BCUT2D eigenvalue weighted by atomic mass is 10.2. The van der Waals surface area contributed by atoms with Crippen molar-refractivity contribution in [2.45, 2.75) is 13.3 Å². The molecule has 1 rings (SSSR count). The maximum atomic E-state index is 8.38. The fourth-order valence-corrected chi connectivity index (χ4v) is 1.14. The second-order valence-corrected chi connectivity index (χ2v) is 2.74. The summed E-state index contributed by atoms with van der Waals surface area (Å²) in [7, 11) is 0. The summed E-state index contributed by atoms with van der Waals surface area (Å²) in [5, 5.41) is 8.38. The Balaban J connectivity index is 2.79. The number of benzene rings is 1. The quantitative estimate of drug-likeness (QED) is 0.725.